The maximum Gasteiger partial charge on any atom is 0.331 e. The Morgan fingerprint density at radius 2 is 1.92 bits per heavy atom. The summed E-state index contributed by atoms with van der Waals surface area (Å²) in [6.07, 6.45) is 2.63. The SMILES string of the molecule is O=C(COC(=O)C=Cc1ccc2c(c1)OCO2)Nc1ccc(F)cc1F. The molecule has 0 saturated heterocycles. The molecule has 134 valence electrons. The number of carbonyl (C=O) groups excluding carboxylic acids is 2. The van der Waals surface area contributed by atoms with Crippen molar-refractivity contribution in [1.29, 1.82) is 0 Å². The van der Waals surface area contributed by atoms with E-state index in [1.807, 2.05) is 0 Å². The van der Waals surface area contributed by atoms with Crippen LogP contribution in [0.5, 0.6) is 11.5 Å². The molecule has 0 radical (unpaired) electrons. The van der Waals surface area contributed by atoms with Crippen molar-refractivity contribution in [2.24, 2.45) is 0 Å². The van der Waals surface area contributed by atoms with Gasteiger partial charge in [-0.2, -0.15) is 0 Å². The van der Waals surface area contributed by atoms with Gasteiger partial charge in [-0.15, -0.1) is 0 Å². The number of hydrogen-bond donors (Lipinski definition) is 1. The largest absolute Gasteiger partial charge is 0.454 e. The summed E-state index contributed by atoms with van der Waals surface area (Å²) in [5.41, 5.74) is 0.479. The maximum absolute atomic E-state index is 13.4. The Morgan fingerprint density at radius 3 is 2.73 bits per heavy atom. The number of amides is 1. The van der Waals surface area contributed by atoms with Crippen molar-refractivity contribution in [1.82, 2.24) is 0 Å². The van der Waals surface area contributed by atoms with E-state index in [2.05, 4.69) is 5.32 Å². The first kappa shape index (κ1) is 17.4. The summed E-state index contributed by atoms with van der Waals surface area (Å²) in [5.74, 6) is -2.00. The summed E-state index contributed by atoms with van der Waals surface area (Å²) in [6.45, 7) is -0.463. The molecule has 2 aromatic carbocycles. The quantitative estimate of drug-likeness (QED) is 0.655. The minimum absolute atomic E-state index is 0.147. The minimum Gasteiger partial charge on any atom is -0.454 e. The number of ether oxygens (including phenoxy) is 3. The number of carbonyl (C=O) groups is 2. The molecular formula is C18H13F2NO5. The van der Waals surface area contributed by atoms with E-state index < -0.39 is 30.1 Å². The lowest BCUT2D eigenvalue weighted by Crippen LogP contribution is -2.20. The Bertz CT molecular complexity index is 882. The highest BCUT2D eigenvalue weighted by atomic mass is 19.1. The fourth-order valence-corrected chi connectivity index (χ4v) is 2.14. The van der Waals surface area contributed by atoms with Crippen LogP contribution in [0.3, 0.4) is 0 Å². The molecule has 0 spiro atoms. The maximum atomic E-state index is 13.4. The molecular weight excluding hydrogens is 348 g/mol. The zero-order valence-corrected chi connectivity index (χ0v) is 13.3. The molecule has 0 aromatic heterocycles. The fourth-order valence-electron chi connectivity index (χ4n) is 2.14. The van der Waals surface area contributed by atoms with Gasteiger partial charge in [0.05, 0.1) is 5.69 Å². The van der Waals surface area contributed by atoms with E-state index in [0.717, 1.165) is 18.2 Å². The van der Waals surface area contributed by atoms with E-state index in [-0.39, 0.29) is 12.5 Å². The standard InChI is InChI=1S/C18H13F2NO5/c19-12-3-4-14(13(20)8-12)21-17(22)9-24-18(23)6-2-11-1-5-15-16(7-11)26-10-25-15/h1-8H,9-10H2,(H,21,22). The van der Waals surface area contributed by atoms with Crippen LogP contribution in [0.15, 0.2) is 42.5 Å². The molecule has 1 aliphatic heterocycles. The Morgan fingerprint density at radius 1 is 1.12 bits per heavy atom. The average Bonchev–Trinajstić information content (AvgIpc) is 3.08. The fraction of sp³-hybridized carbons (Fsp3) is 0.111. The number of esters is 1. The van der Waals surface area contributed by atoms with Crippen LogP contribution in [0.4, 0.5) is 14.5 Å². The monoisotopic (exact) mass is 361 g/mol. The predicted octanol–water partition coefficient (Wildman–Crippen LogP) is 2.89. The number of rotatable bonds is 5. The summed E-state index contributed by atoms with van der Waals surface area (Å²) in [6, 6.07) is 7.83. The molecule has 0 aliphatic carbocycles. The van der Waals surface area contributed by atoms with Crippen LogP contribution in [-0.4, -0.2) is 25.3 Å². The van der Waals surface area contributed by atoms with Crippen LogP contribution in [0, 0.1) is 11.6 Å². The average molecular weight is 361 g/mol. The summed E-state index contributed by atoms with van der Waals surface area (Å²) in [4.78, 5) is 23.3. The van der Waals surface area contributed by atoms with Crippen molar-refractivity contribution < 1.29 is 32.6 Å². The van der Waals surface area contributed by atoms with Crippen LogP contribution in [0.2, 0.25) is 0 Å². The van der Waals surface area contributed by atoms with Crippen molar-refractivity contribution in [3.05, 3.63) is 59.7 Å². The van der Waals surface area contributed by atoms with Crippen molar-refractivity contribution in [3.8, 4) is 11.5 Å². The Balaban J connectivity index is 1.49. The zero-order valence-electron chi connectivity index (χ0n) is 13.3. The van der Waals surface area contributed by atoms with Crippen LogP contribution in [-0.2, 0) is 14.3 Å². The van der Waals surface area contributed by atoms with E-state index in [0.29, 0.717) is 23.1 Å². The molecule has 1 heterocycles. The zero-order chi connectivity index (χ0) is 18.5. The van der Waals surface area contributed by atoms with E-state index in [4.69, 9.17) is 14.2 Å². The van der Waals surface area contributed by atoms with Gasteiger partial charge in [-0.25, -0.2) is 13.6 Å². The first-order valence-electron chi connectivity index (χ1n) is 7.50. The third-order valence-electron chi connectivity index (χ3n) is 3.36. The Kier molecular flexibility index (Phi) is 5.12. The van der Waals surface area contributed by atoms with Crippen molar-refractivity contribution >= 4 is 23.6 Å². The van der Waals surface area contributed by atoms with E-state index in [1.54, 1.807) is 18.2 Å². The van der Waals surface area contributed by atoms with Gasteiger partial charge in [0.1, 0.15) is 11.6 Å². The molecule has 6 nitrogen and oxygen atoms in total. The van der Waals surface area contributed by atoms with Crippen LogP contribution in [0.1, 0.15) is 5.56 Å². The third-order valence-corrected chi connectivity index (χ3v) is 3.36. The number of nitrogens with one attached hydrogen (secondary N) is 1. The smallest absolute Gasteiger partial charge is 0.331 e. The molecule has 1 N–H and O–H groups in total. The lowest BCUT2D eigenvalue weighted by atomic mass is 10.2. The number of hydrogen-bond acceptors (Lipinski definition) is 5. The molecule has 2 aromatic rings. The second-order valence-corrected chi connectivity index (χ2v) is 5.23. The van der Waals surface area contributed by atoms with Crippen molar-refractivity contribution in [2.75, 3.05) is 18.7 Å². The predicted molar refractivity (Wildman–Crippen MR) is 87.5 cm³/mol. The van der Waals surface area contributed by atoms with Crippen LogP contribution in [0.25, 0.3) is 6.08 Å². The van der Waals surface area contributed by atoms with Gasteiger partial charge in [0.15, 0.2) is 18.1 Å². The Labute approximate surface area is 147 Å². The van der Waals surface area contributed by atoms with E-state index >= 15 is 0 Å². The van der Waals surface area contributed by atoms with Crippen molar-refractivity contribution in [3.63, 3.8) is 0 Å². The molecule has 0 fully saturated rings. The molecule has 3 rings (SSSR count). The van der Waals surface area contributed by atoms with E-state index in [1.165, 1.54) is 6.08 Å². The molecule has 0 atom stereocenters. The lowest BCUT2D eigenvalue weighted by Gasteiger charge is -2.06. The van der Waals surface area contributed by atoms with Crippen LogP contribution < -0.4 is 14.8 Å². The van der Waals surface area contributed by atoms with Crippen LogP contribution >= 0.6 is 0 Å². The summed E-state index contributed by atoms with van der Waals surface area (Å²) >= 11 is 0. The van der Waals surface area contributed by atoms with Gasteiger partial charge >= 0.3 is 5.97 Å². The highest BCUT2D eigenvalue weighted by molar-refractivity contribution is 5.94. The first-order valence-corrected chi connectivity index (χ1v) is 7.50. The third kappa shape index (κ3) is 4.35. The Hall–Kier alpha value is -3.42. The van der Waals surface area contributed by atoms with Crippen molar-refractivity contribution in [2.45, 2.75) is 0 Å². The highest BCUT2D eigenvalue weighted by Gasteiger charge is 2.13. The first-order chi connectivity index (χ1) is 12.5. The molecule has 0 bridgehead atoms. The molecule has 8 heteroatoms. The number of halogens is 2. The lowest BCUT2D eigenvalue weighted by molar-refractivity contribution is -0.142. The van der Waals surface area contributed by atoms with Gasteiger partial charge in [0.2, 0.25) is 6.79 Å². The molecule has 0 saturated carbocycles. The van der Waals surface area contributed by atoms with Gasteiger partial charge in [0.25, 0.3) is 5.91 Å². The summed E-state index contributed by atoms with van der Waals surface area (Å²) in [7, 11) is 0. The van der Waals surface area contributed by atoms with Gasteiger partial charge in [-0.3, -0.25) is 4.79 Å². The number of fused-ring (bicyclic) bond motifs is 1. The second-order valence-electron chi connectivity index (χ2n) is 5.23. The van der Waals surface area contributed by atoms with Gasteiger partial charge in [0, 0.05) is 12.1 Å². The molecule has 1 amide bonds. The molecule has 0 unspecified atom stereocenters. The summed E-state index contributed by atoms with van der Waals surface area (Å²) in [5, 5.41) is 2.18. The van der Waals surface area contributed by atoms with Gasteiger partial charge in [-0.1, -0.05) is 6.07 Å². The number of benzene rings is 2. The topological polar surface area (TPSA) is 73.9 Å². The number of anilines is 1. The van der Waals surface area contributed by atoms with Gasteiger partial charge in [-0.05, 0) is 35.9 Å². The molecule has 26 heavy (non-hydrogen) atoms. The minimum atomic E-state index is -0.924. The highest BCUT2D eigenvalue weighted by Crippen LogP contribution is 2.32. The normalized spacial score (nSPS) is 12.2. The van der Waals surface area contributed by atoms with Gasteiger partial charge < -0.3 is 19.5 Å². The summed E-state index contributed by atoms with van der Waals surface area (Å²) < 4.78 is 41.4. The second kappa shape index (κ2) is 7.64. The van der Waals surface area contributed by atoms with E-state index in [9.17, 15) is 18.4 Å². The molecule has 1 aliphatic rings.